The molecule has 8 heteroatoms. The molecule has 3 aromatic carbocycles. The predicted molar refractivity (Wildman–Crippen MR) is 101 cm³/mol. The molecule has 0 bridgehead atoms. The Bertz CT molecular complexity index is 1340. The number of halogens is 6. The van der Waals surface area contributed by atoms with Crippen LogP contribution in [0.15, 0.2) is 53.5 Å². The van der Waals surface area contributed by atoms with E-state index in [0.29, 0.717) is 27.8 Å². The van der Waals surface area contributed by atoms with Crippen LogP contribution in [0.25, 0.3) is 22.3 Å². The van der Waals surface area contributed by atoms with Gasteiger partial charge in [-0.2, -0.15) is 36.6 Å². The normalized spacial score (nSPS) is 15.3. The van der Waals surface area contributed by atoms with E-state index in [-0.39, 0.29) is 17.7 Å². The second-order valence-electron chi connectivity index (χ2n) is 7.42. The SMILES string of the molecule is N#CN=C1c2cc(C(F)(F)F)ccc2-c2cc3c(cc21)Cc1cc(C(F)(F)F)ccc1-3. The minimum Gasteiger partial charge on any atom is -0.172 e. The van der Waals surface area contributed by atoms with Gasteiger partial charge in [0.05, 0.1) is 16.8 Å². The molecule has 0 saturated heterocycles. The molecule has 2 aliphatic rings. The van der Waals surface area contributed by atoms with Crippen molar-refractivity contribution in [1.82, 2.24) is 0 Å². The summed E-state index contributed by atoms with van der Waals surface area (Å²) in [4.78, 5) is 3.76. The zero-order chi connectivity index (χ0) is 22.1. The third-order valence-electron chi connectivity index (χ3n) is 5.66. The van der Waals surface area contributed by atoms with Gasteiger partial charge in [-0.15, -0.1) is 0 Å². The Kier molecular flexibility index (Phi) is 3.88. The summed E-state index contributed by atoms with van der Waals surface area (Å²) in [5.41, 5.74) is 3.02. The lowest BCUT2D eigenvalue weighted by Gasteiger charge is -2.09. The fourth-order valence-corrected chi connectivity index (χ4v) is 4.31. The molecule has 154 valence electrons. The third kappa shape index (κ3) is 2.92. The Morgan fingerprint density at radius 3 is 1.87 bits per heavy atom. The van der Waals surface area contributed by atoms with Crippen molar-refractivity contribution in [3.63, 3.8) is 0 Å². The van der Waals surface area contributed by atoms with Crippen LogP contribution in [0.1, 0.15) is 33.4 Å². The van der Waals surface area contributed by atoms with Crippen molar-refractivity contribution in [1.29, 1.82) is 5.26 Å². The van der Waals surface area contributed by atoms with Gasteiger partial charge >= 0.3 is 12.4 Å². The standard InChI is InChI=1S/C23H10F6N2/c24-22(25,26)13-1-3-15-11(6-13)5-12-7-19-18(9-17(12)15)16-4-2-14(23(27,28)29)8-20(16)21(19)31-10-30/h1-4,6-9H,5H2. The highest BCUT2D eigenvalue weighted by Gasteiger charge is 2.36. The third-order valence-corrected chi connectivity index (χ3v) is 5.66. The summed E-state index contributed by atoms with van der Waals surface area (Å²) in [5, 5.41) is 9.08. The first-order valence-electron chi connectivity index (χ1n) is 9.14. The van der Waals surface area contributed by atoms with Crippen LogP contribution >= 0.6 is 0 Å². The van der Waals surface area contributed by atoms with Gasteiger partial charge in [0.15, 0.2) is 0 Å². The Balaban J connectivity index is 1.69. The molecule has 31 heavy (non-hydrogen) atoms. The number of rotatable bonds is 0. The number of hydrogen-bond acceptors (Lipinski definition) is 2. The van der Waals surface area contributed by atoms with E-state index < -0.39 is 23.5 Å². The van der Waals surface area contributed by atoms with Crippen molar-refractivity contribution in [3.05, 3.63) is 81.9 Å². The Labute approximate surface area is 172 Å². The van der Waals surface area contributed by atoms with E-state index in [0.717, 1.165) is 35.4 Å². The van der Waals surface area contributed by atoms with Gasteiger partial charge in [-0.3, -0.25) is 0 Å². The van der Waals surface area contributed by atoms with E-state index in [4.69, 9.17) is 5.26 Å². The van der Waals surface area contributed by atoms with Crippen LogP contribution in [0.4, 0.5) is 26.3 Å². The average molecular weight is 428 g/mol. The van der Waals surface area contributed by atoms with Gasteiger partial charge in [0.2, 0.25) is 6.19 Å². The summed E-state index contributed by atoms with van der Waals surface area (Å²) in [6.07, 6.45) is -7.10. The van der Waals surface area contributed by atoms with Gasteiger partial charge in [0, 0.05) is 11.1 Å². The Hall–Kier alpha value is -3.60. The fraction of sp³-hybridized carbons (Fsp3) is 0.130. The molecule has 0 saturated carbocycles. The monoisotopic (exact) mass is 428 g/mol. The summed E-state index contributed by atoms with van der Waals surface area (Å²) in [5.74, 6) is 0. The topological polar surface area (TPSA) is 36.1 Å². The maximum Gasteiger partial charge on any atom is 0.416 e. The summed E-state index contributed by atoms with van der Waals surface area (Å²) >= 11 is 0. The molecular formula is C23H10F6N2. The lowest BCUT2D eigenvalue weighted by molar-refractivity contribution is -0.138. The number of fused-ring (bicyclic) bond motifs is 6. The summed E-state index contributed by atoms with van der Waals surface area (Å²) in [7, 11) is 0. The predicted octanol–water partition coefficient (Wildman–Crippen LogP) is 6.59. The molecule has 0 spiro atoms. The highest BCUT2D eigenvalue weighted by molar-refractivity contribution is 6.25. The van der Waals surface area contributed by atoms with Crippen molar-refractivity contribution >= 4 is 5.71 Å². The number of nitrogens with zero attached hydrogens (tertiary/aromatic N) is 2. The fourth-order valence-electron chi connectivity index (χ4n) is 4.31. The first-order chi connectivity index (χ1) is 14.6. The van der Waals surface area contributed by atoms with Gasteiger partial charge in [-0.1, -0.05) is 12.1 Å². The highest BCUT2D eigenvalue weighted by atomic mass is 19.4. The number of aliphatic imine (C=N–C) groups is 1. The molecule has 0 atom stereocenters. The molecule has 5 rings (SSSR count). The molecule has 0 amide bonds. The minimum absolute atomic E-state index is 0.133. The molecule has 0 heterocycles. The maximum atomic E-state index is 13.2. The minimum atomic E-state index is -4.54. The van der Waals surface area contributed by atoms with Crippen LogP contribution in [-0.4, -0.2) is 5.71 Å². The van der Waals surface area contributed by atoms with Crippen molar-refractivity contribution in [3.8, 4) is 28.4 Å². The molecule has 2 nitrogen and oxygen atoms in total. The number of hydrogen-bond donors (Lipinski definition) is 0. The van der Waals surface area contributed by atoms with E-state index in [1.54, 1.807) is 18.3 Å². The largest absolute Gasteiger partial charge is 0.416 e. The molecule has 0 N–H and O–H groups in total. The summed E-state index contributed by atoms with van der Waals surface area (Å²) in [6, 6.07) is 10.3. The first kappa shape index (κ1) is 19.4. The van der Waals surface area contributed by atoms with E-state index in [9.17, 15) is 26.3 Å². The van der Waals surface area contributed by atoms with Crippen molar-refractivity contribution < 1.29 is 26.3 Å². The van der Waals surface area contributed by atoms with E-state index >= 15 is 0 Å². The van der Waals surface area contributed by atoms with Gasteiger partial charge in [-0.25, -0.2) is 0 Å². The highest BCUT2D eigenvalue weighted by Crippen LogP contribution is 2.47. The van der Waals surface area contributed by atoms with Gasteiger partial charge in [0.25, 0.3) is 0 Å². The van der Waals surface area contributed by atoms with Crippen LogP contribution in [0.5, 0.6) is 0 Å². The average Bonchev–Trinajstić information content (AvgIpc) is 3.20. The molecular weight excluding hydrogens is 418 g/mol. The molecule has 0 aromatic heterocycles. The number of alkyl halides is 6. The van der Waals surface area contributed by atoms with Crippen LogP contribution < -0.4 is 0 Å². The summed E-state index contributed by atoms with van der Waals surface area (Å²) < 4.78 is 78.8. The van der Waals surface area contributed by atoms with E-state index in [1.165, 1.54) is 12.1 Å². The number of nitriles is 1. The molecule has 3 aromatic rings. The lowest BCUT2D eigenvalue weighted by Crippen LogP contribution is -2.07. The van der Waals surface area contributed by atoms with Crippen molar-refractivity contribution in [2.45, 2.75) is 18.8 Å². The zero-order valence-electron chi connectivity index (χ0n) is 15.5. The molecule has 0 fully saturated rings. The lowest BCUT2D eigenvalue weighted by atomic mass is 9.97. The maximum absolute atomic E-state index is 13.2. The quantitative estimate of drug-likeness (QED) is 0.202. The first-order valence-corrected chi connectivity index (χ1v) is 9.14. The van der Waals surface area contributed by atoms with Gasteiger partial charge in [-0.05, 0) is 76.2 Å². The molecule has 0 radical (unpaired) electrons. The summed E-state index contributed by atoms with van der Waals surface area (Å²) in [6.45, 7) is 0. The molecule has 0 aliphatic heterocycles. The van der Waals surface area contributed by atoms with E-state index in [2.05, 4.69) is 4.99 Å². The Morgan fingerprint density at radius 2 is 1.23 bits per heavy atom. The number of benzene rings is 3. The van der Waals surface area contributed by atoms with Crippen LogP contribution in [-0.2, 0) is 18.8 Å². The zero-order valence-corrected chi connectivity index (χ0v) is 15.5. The smallest absolute Gasteiger partial charge is 0.172 e. The molecule has 0 unspecified atom stereocenters. The van der Waals surface area contributed by atoms with Crippen LogP contribution in [0.2, 0.25) is 0 Å². The Morgan fingerprint density at radius 1 is 0.645 bits per heavy atom. The van der Waals surface area contributed by atoms with Crippen LogP contribution in [0.3, 0.4) is 0 Å². The van der Waals surface area contributed by atoms with E-state index in [1.807, 2.05) is 0 Å². The van der Waals surface area contributed by atoms with Crippen molar-refractivity contribution in [2.75, 3.05) is 0 Å². The van der Waals surface area contributed by atoms with Crippen molar-refractivity contribution in [2.24, 2.45) is 4.99 Å². The van der Waals surface area contributed by atoms with Crippen LogP contribution in [0, 0.1) is 11.5 Å². The second-order valence-corrected chi connectivity index (χ2v) is 7.42. The molecule has 2 aliphatic carbocycles. The van der Waals surface area contributed by atoms with Gasteiger partial charge in [0.1, 0.15) is 0 Å². The van der Waals surface area contributed by atoms with Gasteiger partial charge < -0.3 is 0 Å². The second kappa shape index (κ2) is 6.20.